The fourth-order valence-electron chi connectivity index (χ4n) is 2.98. The molecule has 0 saturated carbocycles. The van der Waals surface area contributed by atoms with Crippen molar-refractivity contribution in [1.82, 2.24) is 4.90 Å². The molecule has 0 rings (SSSR count). The van der Waals surface area contributed by atoms with E-state index in [0.717, 1.165) is 0 Å². The van der Waals surface area contributed by atoms with E-state index < -0.39 is 7.82 Å². The molecule has 5 nitrogen and oxygen atoms in total. The lowest BCUT2D eigenvalue weighted by molar-refractivity contribution is 0.275. The molecule has 0 fully saturated rings. The van der Waals surface area contributed by atoms with Crippen LogP contribution in [0.2, 0.25) is 0 Å². The lowest BCUT2D eigenvalue weighted by atomic mass is 10.0. The molecule has 3 N–H and O–H groups in total. The van der Waals surface area contributed by atoms with Gasteiger partial charge in [0, 0.05) is 0 Å². The number of hydrogen-bond acceptors (Lipinski definition) is 2. The molecule has 160 valence electrons. The highest BCUT2D eigenvalue weighted by Crippen LogP contribution is 2.25. The average Bonchev–Trinajstić information content (AvgIpc) is 2.52. The first-order valence-corrected chi connectivity index (χ1v) is 12.3. The Balaban J connectivity index is 0. The highest BCUT2D eigenvalue weighted by molar-refractivity contribution is 7.45. The Hall–Kier alpha value is 0.0700. The van der Waals surface area contributed by atoms with Gasteiger partial charge in [0.15, 0.2) is 0 Å². The molecule has 0 unspecified atom stereocenters. The van der Waals surface area contributed by atoms with Crippen LogP contribution >= 0.6 is 7.82 Å². The Bertz CT molecular complexity index is 300. The van der Waals surface area contributed by atoms with E-state index in [1.165, 1.54) is 109 Å². The van der Waals surface area contributed by atoms with Crippen LogP contribution in [0.25, 0.3) is 0 Å². The normalized spacial score (nSPS) is 11.5. The van der Waals surface area contributed by atoms with Crippen LogP contribution in [0.3, 0.4) is 0 Å². The van der Waals surface area contributed by atoms with Crippen molar-refractivity contribution in [3.63, 3.8) is 0 Å². The molecule has 0 aromatic rings. The highest BCUT2D eigenvalue weighted by atomic mass is 31.2. The van der Waals surface area contributed by atoms with Crippen LogP contribution < -0.4 is 0 Å². The lowest BCUT2D eigenvalue weighted by Gasteiger charge is -2.08. The number of rotatable bonds is 17. The quantitative estimate of drug-likeness (QED) is 0.212. The topological polar surface area (TPSA) is 81.0 Å². The standard InChI is InChI=1S/C20H43N.H3O4P/c1-4-5-6-7-8-9-10-11-12-13-14-15-16-17-18-19-20-21(2)3;1-5(2,3)4/h4-20H2,1-3H3;(H3,1,2,3,4). The summed E-state index contributed by atoms with van der Waals surface area (Å²) in [5.74, 6) is 0. The van der Waals surface area contributed by atoms with Crippen LogP contribution in [-0.2, 0) is 4.57 Å². The minimum atomic E-state index is -4.64. The van der Waals surface area contributed by atoms with Crippen LogP contribution in [0, 0.1) is 0 Å². The number of nitrogens with zero attached hydrogens (tertiary/aromatic N) is 1. The van der Waals surface area contributed by atoms with E-state index >= 15 is 0 Å². The van der Waals surface area contributed by atoms with E-state index in [1.54, 1.807) is 0 Å². The summed E-state index contributed by atoms with van der Waals surface area (Å²) in [6.07, 6.45) is 23.3. The van der Waals surface area contributed by atoms with Crippen molar-refractivity contribution in [3.05, 3.63) is 0 Å². The van der Waals surface area contributed by atoms with Crippen molar-refractivity contribution in [2.45, 2.75) is 110 Å². The zero-order chi connectivity index (χ0) is 20.1. The van der Waals surface area contributed by atoms with Gasteiger partial charge in [0.05, 0.1) is 0 Å². The predicted molar refractivity (Wildman–Crippen MR) is 112 cm³/mol. The van der Waals surface area contributed by atoms with Gasteiger partial charge in [-0.15, -0.1) is 0 Å². The molecule has 0 radical (unpaired) electrons. The van der Waals surface area contributed by atoms with Crippen LogP contribution in [0.4, 0.5) is 0 Å². The van der Waals surface area contributed by atoms with Crippen LogP contribution in [0.1, 0.15) is 110 Å². The maximum Gasteiger partial charge on any atom is 0.466 e. The third kappa shape index (κ3) is 39.2. The first-order valence-electron chi connectivity index (χ1n) is 10.7. The SMILES string of the molecule is CCCCCCCCCCCCCCCCCCN(C)C.O=P(O)(O)O. The molecule has 26 heavy (non-hydrogen) atoms. The smallest absolute Gasteiger partial charge is 0.309 e. The first-order chi connectivity index (χ1) is 12.3. The van der Waals surface area contributed by atoms with Gasteiger partial charge in [-0.3, -0.25) is 0 Å². The highest BCUT2D eigenvalue weighted by Gasteiger charge is 2.00. The third-order valence-electron chi connectivity index (χ3n) is 4.46. The Morgan fingerprint density at radius 3 is 1.04 bits per heavy atom. The summed E-state index contributed by atoms with van der Waals surface area (Å²) < 4.78 is 8.88. The lowest BCUT2D eigenvalue weighted by Crippen LogP contribution is -2.12. The van der Waals surface area contributed by atoms with Gasteiger partial charge < -0.3 is 19.6 Å². The van der Waals surface area contributed by atoms with E-state index in [2.05, 4.69) is 25.9 Å². The molecule has 0 aliphatic carbocycles. The molecule has 0 heterocycles. The van der Waals surface area contributed by atoms with Gasteiger partial charge in [-0.1, -0.05) is 103 Å². The fraction of sp³-hybridized carbons (Fsp3) is 1.00. The van der Waals surface area contributed by atoms with Gasteiger partial charge in [0.25, 0.3) is 0 Å². The summed E-state index contributed by atoms with van der Waals surface area (Å²) in [6.45, 7) is 3.56. The van der Waals surface area contributed by atoms with Crippen molar-refractivity contribution in [2.75, 3.05) is 20.6 Å². The number of phosphoric acid groups is 1. The van der Waals surface area contributed by atoms with Crippen molar-refractivity contribution in [3.8, 4) is 0 Å². The molecule has 0 spiro atoms. The minimum absolute atomic E-state index is 1.26. The maximum absolute atomic E-state index is 8.88. The maximum atomic E-state index is 8.88. The summed E-state index contributed by atoms with van der Waals surface area (Å²) in [4.78, 5) is 23.9. The summed E-state index contributed by atoms with van der Waals surface area (Å²) in [6, 6.07) is 0. The van der Waals surface area contributed by atoms with E-state index in [0.29, 0.717) is 0 Å². The second-order valence-corrected chi connectivity index (χ2v) is 8.65. The molecule has 0 aromatic carbocycles. The van der Waals surface area contributed by atoms with Crippen molar-refractivity contribution in [2.24, 2.45) is 0 Å². The van der Waals surface area contributed by atoms with Gasteiger partial charge in [-0.2, -0.15) is 0 Å². The van der Waals surface area contributed by atoms with Gasteiger partial charge in [0.1, 0.15) is 0 Å². The second kappa shape index (κ2) is 21.4. The van der Waals surface area contributed by atoms with Gasteiger partial charge in [0.2, 0.25) is 0 Å². The van der Waals surface area contributed by atoms with Crippen LogP contribution in [0.15, 0.2) is 0 Å². The molecule has 0 amide bonds. The van der Waals surface area contributed by atoms with Gasteiger partial charge in [-0.05, 0) is 27.1 Å². The molecule has 0 saturated heterocycles. The summed E-state index contributed by atoms with van der Waals surface area (Å²) >= 11 is 0. The van der Waals surface area contributed by atoms with E-state index in [9.17, 15) is 0 Å². The molecule has 0 atom stereocenters. The molecule has 0 aliphatic rings. The Kier molecular flexibility index (Phi) is 23.2. The molecule has 0 aliphatic heterocycles. The van der Waals surface area contributed by atoms with Gasteiger partial charge in [-0.25, -0.2) is 4.57 Å². The average molecular weight is 396 g/mol. The van der Waals surface area contributed by atoms with Crippen LogP contribution in [-0.4, -0.2) is 40.2 Å². The molecule has 0 bridgehead atoms. The Morgan fingerprint density at radius 1 is 0.577 bits per heavy atom. The van der Waals surface area contributed by atoms with E-state index in [4.69, 9.17) is 19.2 Å². The Morgan fingerprint density at radius 2 is 0.808 bits per heavy atom. The second-order valence-electron chi connectivity index (χ2n) is 7.62. The largest absolute Gasteiger partial charge is 0.466 e. The fourth-order valence-corrected chi connectivity index (χ4v) is 2.98. The summed E-state index contributed by atoms with van der Waals surface area (Å²) in [5, 5.41) is 0. The Labute approximate surface area is 162 Å². The molecule has 6 heteroatoms. The summed E-state index contributed by atoms with van der Waals surface area (Å²) in [5.41, 5.74) is 0. The van der Waals surface area contributed by atoms with E-state index in [-0.39, 0.29) is 0 Å². The molecular formula is C20H46NO4P. The predicted octanol–water partition coefficient (Wildman–Crippen LogP) is 5.88. The summed E-state index contributed by atoms with van der Waals surface area (Å²) in [7, 11) is -0.295. The molecule has 0 aromatic heterocycles. The van der Waals surface area contributed by atoms with Crippen molar-refractivity contribution >= 4 is 7.82 Å². The van der Waals surface area contributed by atoms with E-state index in [1.807, 2.05) is 0 Å². The van der Waals surface area contributed by atoms with Crippen molar-refractivity contribution in [1.29, 1.82) is 0 Å². The zero-order valence-electron chi connectivity index (χ0n) is 17.7. The monoisotopic (exact) mass is 395 g/mol. The van der Waals surface area contributed by atoms with Crippen LogP contribution in [0.5, 0.6) is 0 Å². The third-order valence-corrected chi connectivity index (χ3v) is 4.46. The number of unbranched alkanes of at least 4 members (excludes halogenated alkanes) is 15. The molecular weight excluding hydrogens is 349 g/mol. The first kappa shape index (κ1) is 28.3. The van der Waals surface area contributed by atoms with Gasteiger partial charge >= 0.3 is 7.82 Å². The zero-order valence-corrected chi connectivity index (χ0v) is 18.6. The van der Waals surface area contributed by atoms with Crippen molar-refractivity contribution < 1.29 is 19.2 Å². The number of hydrogen-bond donors (Lipinski definition) is 3. The minimum Gasteiger partial charge on any atom is -0.309 e.